The fourth-order valence-corrected chi connectivity index (χ4v) is 0. The summed E-state index contributed by atoms with van der Waals surface area (Å²) in [6, 6.07) is 0. The Morgan fingerprint density at radius 3 is 1.00 bits per heavy atom. The van der Waals surface area contributed by atoms with Crippen LogP contribution in [0.2, 0.25) is 0 Å². The first-order valence-corrected chi connectivity index (χ1v) is 3.86. The van der Waals surface area contributed by atoms with E-state index in [2.05, 4.69) is 6.20 Å². The zero-order valence-electron chi connectivity index (χ0n) is 2.71. The van der Waals surface area contributed by atoms with Crippen molar-refractivity contribution in [2.75, 3.05) is 0 Å². The van der Waals surface area contributed by atoms with Crippen LogP contribution in [0.5, 0.6) is 0 Å². The van der Waals surface area contributed by atoms with Gasteiger partial charge in [-0.1, -0.05) is 0 Å². The van der Waals surface area contributed by atoms with Crippen molar-refractivity contribution in [3.8, 4) is 0 Å². The van der Waals surface area contributed by atoms with Gasteiger partial charge in [-0.25, -0.2) is 0 Å². The fraction of sp³-hybridized carbons (Fsp3) is 0. The summed E-state index contributed by atoms with van der Waals surface area (Å²) < 4.78 is 7.12. The first kappa shape index (κ1) is 15.7. The first-order chi connectivity index (χ1) is 1.91. The third-order valence-electron chi connectivity index (χ3n) is 0.0500. The molecule has 0 atom stereocenters. The van der Waals surface area contributed by atoms with Crippen molar-refractivity contribution in [3.05, 3.63) is 0 Å². The van der Waals surface area contributed by atoms with Crippen LogP contribution in [0.4, 0.5) is 0 Å². The summed E-state index contributed by atoms with van der Waals surface area (Å²) in [6.45, 7) is 0. The molecule has 0 aliphatic heterocycles. The van der Waals surface area contributed by atoms with E-state index in [4.69, 9.17) is 0 Å². The number of hydrogen-bond acceptors (Lipinski definition) is 2. The SMILES string of the molecule is [Hf+3][N]=[N][Hf+3].[O-2].[O-2]. The van der Waals surface area contributed by atoms with E-state index in [0.29, 0.717) is 0 Å². The maximum atomic E-state index is 3.56. The van der Waals surface area contributed by atoms with Crippen LogP contribution in [0, 0.1) is 0 Å². The molecule has 0 radical (unpaired) electrons. The molecule has 0 spiro atoms. The molecule has 28 valence electrons. The van der Waals surface area contributed by atoms with Gasteiger partial charge >= 0.3 is 55.5 Å². The zero-order valence-corrected chi connectivity index (χ0v) is 9.90. The second kappa shape index (κ2) is 16.3. The van der Waals surface area contributed by atoms with Crippen LogP contribution >= 0.6 is 0 Å². The summed E-state index contributed by atoms with van der Waals surface area (Å²) in [6.07, 6.45) is 0. The molecule has 0 N–H and O–H groups in total. The van der Waals surface area contributed by atoms with Gasteiger partial charge in [0.1, 0.15) is 0 Å². The molecule has 0 bridgehead atoms. The van der Waals surface area contributed by atoms with E-state index in [1.807, 2.05) is 0 Å². The van der Waals surface area contributed by atoms with Gasteiger partial charge in [-0.3, -0.25) is 0 Å². The summed E-state index contributed by atoms with van der Waals surface area (Å²) in [4.78, 5) is 0. The predicted molar refractivity (Wildman–Crippen MR) is 6.23 cm³/mol. The van der Waals surface area contributed by atoms with Crippen LogP contribution < -0.4 is 0 Å². The molecule has 0 amide bonds. The van der Waals surface area contributed by atoms with Gasteiger partial charge in [-0.2, -0.15) is 0 Å². The number of hydrogen-bond donors (Lipinski definition) is 0. The Bertz CT molecular complexity index is 24.7. The molecule has 4 nitrogen and oxygen atoms in total. The van der Waals surface area contributed by atoms with E-state index >= 15 is 0 Å². The quantitative estimate of drug-likeness (QED) is 0.397. The Morgan fingerprint density at radius 1 is 0.833 bits per heavy atom. The van der Waals surface area contributed by atoms with Crippen molar-refractivity contribution in [1.29, 1.82) is 0 Å². The molecule has 0 saturated carbocycles. The van der Waals surface area contributed by atoms with E-state index in [9.17, 15) is 0 Å². The van der Waals surface area contributed by atoms with Gasteiger partial charge in [0, 0.05) is 0 Å². The van der Waals surface area contributed by atoms with Crippen LogP contribution in [0.1, 0.15) is 0 Å². The summed E-state index contributed by atoms with van der Waals surface area (Å²) >= 11 is 1.77. The number of nitrogens with zero attached hydrogens (tertiary/aromatic N) is 2. The molecule has 0 unspecified atom stereocenters. The summed E-state index contributed by atoms with van der Waals surface area (Å²) in [5.41, 5.74) is 0. The van der Waals surface area contributed by atoms with Crippen molar-refractivity contribution < 1.29 is 60.3 Å². The summed E-state index contributed by atoms with van der Waals surface area (Å²) in [5.74, 6) is 0. The number of rotatable bonds is 0. The average Bonchev–Trinajstić information content (AvgIpc) is 1.37. The molecule has 6 heavy (non-hydrogen) atoms. The normalized spacial score (nSPS) is 6.67. The molecule has 0 rings (SSSR count). The Morgan fingerprint density at radius 2 is 1.00 bits per heavy atom. The van der Waals surface area contributed by atoms with Crippen LogP contribution in [0.15, 0.2) is 6.20 Å². The topological polar surface area (TPSA) is 81.7 Å². The summed E-state index contributed by atoms with van der Waals surface area (Å²) in [7, 11) is 0. The van der Waals surface area contributed by atoms with Crippen molar-refractivity contribution in [1.82, 2.24) is 0 Å². The minimum absolute atomic E-state index is 0. The van der Waals surface area contributed by atoms with Crippen molar-refractivity contribution in [3.63, 3.8) is 0 Å². The minimum atomic E-state index is 0. The van der Waals surface area contributed by atoms with E-state index in [-0.39, 0.29) is 11.0 Å². The Balaban J connectivity index is -0.0000000450. The van der Waals surface area contributed by atoms with E-state index < -0.39 is 0 Å². The van der Waals surface area contributed by atoms with Gasteiger partial charge in [0.15, 0.2) is 0 Å². The van der Waals surface area contributed by atoms with Gasteiger partial charge in [0.05, 0.1) is 0 Å². The second-order valence-electron chi connectivity index (χ2n) is 0.200. The van der Waals surface area contributed by atoms with Crippen LogP contribution in [0.3, 0.4) is 0 Å². The predicted octanol–water partition coefficient (Wildman–Crippen LogP) is 0.125. The smallest absolute Gasteiger partial charge is 2.00 e. The molecule has 0 aromatic rings. The van der Waals surface area contributed by atoms with Crippen molar-refractivity contribution >= 4 is 0 Å². The van der Waals surface area contributed by atoms with Gasteiger partial charge in [0.25, 0.3) is 0 Å². The maximum Gasteiger partial charge on any atom is -2.00 e. The van der Waals surface area contributed by atoms with E-state index in [0.717, 1.165) is 49.3 Å². The molecule has 0 aromatic heterocycles. The summed E-state index contributed by atoms with van der Waals surface area (Å²) in [5, 5.41) is 0. The Kier molecular flexibility index (Phi) is 42.6. The second-order valence-corrected chi connectivity index (χ2v) is 1.64. The van der Waals surface area contributed by atoms with Crippen LogP contribution in [-0.2, 0) is 60.3 Å². The third kappa shape index (κ3) is 18.7. The molecular weight excluding hydrogens is 417 g/mol. The molecule has 0 aliphatic carbocycles. The minimum Gasteiger partial charge on any atom is -2.00 e. The Labute approximate surface area is 66.0 Å². The molecule has 0 aliphatic rings. The first-order valence-electron chi connectivity index (χ1n) is 0.647. The van der Waals surface area contributed by atoms with Gasteiger partial charge < -0.3 is 11.0 Å². The van der Waals surface area contributed by atoms with Gasteiger partial charge in [-0.05, 0) is 0 Å². The van der Waals surface area contributed by atoms with Crippen LogP contribution in [-0.4, -0.2) is 0 Å². The zero-order chi connectivity index (χ0) is 3.41. The largest absolute Gasteiger partial charge is 2.00 e. The maximum absolute atomic E-state index is 3.56. The monoisotopic (exact) mass is 420 g/mol. The molecule has 0 saturated heterocycles. The van der Waals surface area contributed by atoms with E-state index in [1.54, 1.807) is 0 Å². The molecule has 6 heteroatoms. The molecule has 0 aromatic carbocycles. The van der Waals surface area contributed by atoms with Crippen LogP contribution in [0.25, 0.3) is 0 Å². The molecular formula is Hf2N2O2+2. The molecule has 0 heterocycles. The fourth-order valence-electron chi connectivity index (χ4n) is 0. The average molecular weight is 417 g/mol. The third-order valence-corrected chi connectivity index (χ3v) is 3.35. The van der Waals surface area contributed by atoms with E-state index in [1.165, 1.54) is 0 Å². The van der Waals surface area contributed by atoms with Crippen molar-refractivity contribution in [2.24, 2.45) is 6.20 Å². The van der Waals surface area contributed by atoms with Crippen molar-refractivity contribution in [2.45, 2.75) is 0 Å². The Hall–Kier alpha value is 1.26. The van der Waals surface area contributed by atoms with Gasteiger partial charge in [-0.15, -0.1) is 0 Å². The molecule has 0 fully saturated rings. The standard InChI is InChI=1S/2Hf.N2.2O/c;;1-2;;/q2*+4;3*-2. The van der Waals surface area contributed by atoms with Gasteiger partial charge in [0.2, 0.25) is 0 Å².